The lowest BCUT2D eigenvalue weighted by molar-refractivity contribution is 0.895. The molecule has 2 aromatic heterocycles. The van der Waals surface area contributed by atoms with E-state index >= 15 is 0 Å². The number of thiazole rings is 1. The minimum atomic E-state index is 0.628. The molecule has 2 heterocycles. The average molecular weight is 321 g/mol. The van der Waals surface area contributed by atoms with Crippen molar-refractivity contribution in [3.63, 3.8) is 0 Å². The van der Waals surface area contributed by atoms with E-state index in [-0.39, 0.29) is 0 Å². The minimum absolute atomic E-state index is 0.628. The van der Waals surface area contributed by atoms with Gasteiger partial charge in [0, 0.05) is 22.6 Å². The van der Waals surface area contributed by atoms with Gasteiger partial charge in [0.2, 0.25) is 0 Å². The lowest BCUT2D eigenvalue weighted by atomic mass is 10.0. The van der Waals surface area contributed by atoms with E-state index in [4.69, 9.17) is 10.7 Å². The Morgan fingerprint density at radius 1 is 1.09 bits per heavy atom. The number of rotatable bonds is 3. The Morgan fingerprint density at radius 2 is 1.87 bits per heavy atom. The van der Waals surface area contributed by atoms with Crippen LogP contribution in [0.1, 0.15) is 16.3 Å². The van der Waals surface area contributed by atoms with Gasteiger partial charge in [0.05, 0.1) is 11.4 Å². The van der Waals surface area contributed by atoms with Gasteiger partial charge in [-0.05, 0) is 37.2 Å². The lowest BCUT2D eigenvalue weighted by Crippen LogP contribution is -2.06. The monoisotopic (exact) mass is 321 g/mol. The standard InChI is InChI=1S/C19H19N3S/c1-12-13(2)23-19-21-18(17(9-10-20)22(12)19)16-8-7-14-5-3-4-6-15(14)11-16/h3-8,11H,9-10,20H2,1-2H3. The fraction of sp³-hybridized carbons (Fsp3) is 0.211. The fourth-order valence-corrected chi connectivity index (χ4v) is 4.14. The molecule has 0 unspecified atom stereocenters. The molecule has 0 aliphatic carbocycles. The third-order valence-electron chi connectivity index (χ3n) is 4.44. The van der Waals surface area contributed by atoms with Crippen LogP contribution >= 0.6 is 11.3 Å². The van der Waals surface area contributed by atoms with Crippen molar-refractivity contribution in [2.45, 2.75) is 20.3 Å². The van der Waals surface area contributed by atoms with Gasteiger partial charge in [-0.25, -0.2) is 4.98 Å². The van der Waals surface area contributed by atoms with Gasteiger partial charge in [0.15, 0.2) is 4.96 Å². The van der Waals surface area contributed by atoms with Crippen molar-refractivity contribution < 1.29 is 0 Å². The molecule has 0 aliphatic heterocycles. The summed E-state index contributed by atoms with van der Waals surface area (Å²) in [5, 5.41) is 2.50. The van der Waals surface area contributed by atoms with Gasteiger partial charge in [0.25, 0.3) is 0 Å². The predicted molar refractivity (Wildman–Crippen MR) is 98.2 cm³/mol. The van der Waals surface area contributed by atoms with Crippen LogP contribution in [-0.4, -0.2) is 15.9 Å². The summed E-state index contributed by atoms with van der Waals surface area (Å²) in [6, 6.07) is 15.0. The number of nitrogens with zero attached hydrogens (tertiary/aromatic N) is 2. The molecule has 4 heteroatoms. The molecular weight excluding hydrogens is 302 g/mol. The highest BCUT2D eigenvalue weighted by molar-refractivity contribution is 7.17. The molecule has 0 saturated carbocycles. The summed E-state index contributed by atoms with van der Waals surface area (Å²) >= 11 is 1.75. The average Bonchev–Trinajstić information content (AvgIpc) is 3.05. The van der Waals surface area contributed by atoms with E-state index < -0.39 is 0 Å². The van der Waals surface area contributed by atoms with Crippen LogP contribution < -0.4 is 5.73 Å². The summed E-state index contributed by atoms with van der Waals surface area (Å²) < 4.78 is 2.28. The Kier molecular flexibility index (Phi) is 3.43. The topological polar surface area (TPSA) is 43.3 Å². The maximum absolute atomic E-state index is 5.87. The van der Waals surface area contributed by atoms with E-state index in [2.05, 4.69) is 60.7 Å². The Bertz CT molecular complexity index is 1010. The summed E-state index contributed by atoms with van der Waals surface area (Å²) in [6.07, 6.45) is 0.834. The number of imidazole rings is 1. The molecule has 0 fully saturated rings. The predicted octanol–water partition coefficient (Wildman–Crippen LogP) is 4.33. The van der Waals surface area contributed by atoms with Crippen LogP contribution in [0.5, 0.6) is 0 Å². The quantitative estimate of drug-likeness (QED) is 0.610. The van der Waals surface area contributed by atoms with Crippen molar-refractivity contribution in [3.8, 4) is 11.3 Å². The van der Waals surface area contributed by atoms with E-state index in [1.54, 1.807) is 11.3 Å². The molecular formula is C19H19N3S. The maximum atomic E-state index is 5.87. The van der Waals surface area contributed by atoms with Crippen LogP contribution in [0, 0.1) is 13.8 Å². The molecule has 2 aromatic carbocycles. The smallest absolute Gasteiger partial charge is 0.194 e. The van der Waals surface area contributed by atoms with Gasteiger partial charge in [0.1, 0.15) is 0 Å². The molecule has 4 aromatic rings. The molecule has 0 radical (unpaired) electrons. The molecule has 0 spiro atoms. The maximum Gasteiger partial charge on any atom is 0.194 e. The van der Waals surface area contributed by atoms with E-state index in [1.807, 2.05) is 0 Å². The third-order valence-corrected chi connectivity index (χ3v) is 5.49. The summed E-state index contributed by atoms with van der Waals surface area (Å²) in [4.78, 5) is 7.29. The summed E-state index contributed by atoms with van der Waals surface area (Å²) in [7, 11) is 0. The molecule has 116 valence electrons. The van der Waals surface area contributed by atoms with Crippen molar-refractivity contribution in [2.24, 2.45) is 5.73 Å². The van der Waals surface area contributed by atoms with E-state index in [0.29, 0.717) is 6.54 Å². The van der Waals surface area contributed by atoms with Gasteiger partial charge in [-0.1, -0.05) is 36.4 Å². The Balaban J connectivity index is 1.97. The van der Waals surface area contributed by atoms with E-state index in [0.717, 1.165) is 17.1 Å². The van der Waals surface area contributed by atoms with Gasteiger partial charge in [-0.2, -0.15) is 0 Å². The number of fused-ring (bicyclic) bond motifs is 2. The Labute approximate surface area is 139 Å². The number of hydrogen-bond acceptors (Lipinski definition) is 3. The molecule has 4 rings (SSSR count). The molecule has 3 nitrogen and oxygen atoms in total. The normalized spacial score (nSPS) is 11.6. The Hall–Kier alpha value is -2.17. The molecule has 23 heavy (non-hydrogen) atoms. The highest BCUT2D eigenvalue weighted by Crippen LogP contribution is 2.32. The van der Waals surface area contributed by atoms with Crippen molar-refractivity contribution >= 4 is 27.1 Å². The van der Waals surface area contributed by atoms with Gasteiger partial charge < -0.3 is 5.73 Å². The number of nitrogens with two attached hydrogens (primary N) is 1. The minimum Gasteiger partial charge on any atom is -0.330 e. The summed E-state index contributed by atoms with van der Waals surface area (Å²) in [6.45, 7) is 4.93. The molecule has 0 saturated heterocycles. The number of aromatic nitrogens is 2. The van der Waals surface area contributed by atoms with Crippen LogP contribution in [0.25, 0.3) is 27.0 Å². The summed E-state index contributed by atoms with van der Waals surface area (Å²) in [5.74, 6) is 0. The van der Waals surface area contributed by atoms with E-state index in [1.165, 1.54) is 32.6 Å². The first kappa shape index (κ1) is 14.4. The first-order chi connectivity index (χ1) is 11.2. The fourth-order valence-electron chi connectivity index (χ4n) is 3.15. The third kappa shape index (κ3) is 2.26. The Morgan fingerprint density at radius 3 is 2.65 bits per heavy atom. The highest BCUT2D eigenvalue weighted by atomic mass is 32.1. The number of hydrogen-bond donors (Lipinski definition) is 1. The number of aryl methyl sites for hydroxylation is 2. The van der Waals surface area contributed by atoms with Gasteiger partial charge >= 0.3 is 0 Å². The van der Waals surface area contributed by atoms with Crippen molar-refractivity contribution in [1.29, 1.82) is 0 Å². The second kappa shape index (κ2) is 5.48. The molecule has 0 amide bonds. The first-order valence-corrected chi connectivity index (χ1v) is 8.67. The van der Waals surface area contributed by atoms with Crippen LogP contribution in [0.3, 0.4) is 0 Å². The van der Waals surface area contributed by atoms with Crippen molar-refractivity contribution in [1.82, 2.24) is 9.38 Å². The van der Waals surface area contributed by atoms with Crippen LogP contribution in [0.4, 0.5) is 0 Å². The lowest BCUT2D eigenvalue weighted by Gasteiger charge is -2.06. The van der Waals surface area contributed by atoms with Gasteiger partial charge in [-0.3, -0.25) is 4.40 Å². The van der Waals surface area contributed by atoms with Crippen LogP contribution in [-0.2, 0) is 6.42 Å². The van der Waals surface area contributed by atoms with Crippen LogP contribution in [0.15, 0.2) is 42.5 Å². The molecule has 0 aliphatic rings. The molecule has 0 atom stereocenters. The zero-order valence-corrected chi connectivity index (χ0v) is 14.2. The van der Waals surface area contributed by atoms with E-state index in [9.17, 15) is 0 Å². The number of benzene rings is 2. The largest absolute Gasteiger partial charge is 0.330 e. The van der Waals surface area contributed by atoms with Gasteiger partial charge in [-0.15, -0.1) is 11.3 Å². The highest BCUT2D eigenvalue weighted by Gasteiger charge is 2.18. The first-order valence-electron chi connectivity index (χ1n) is 7.85. The molecule has 0 bridgehead atoms. The van der Waals surface area contributed by atoms with Crippen molar-refractivity contribution in [3.05, 3.63) is 58.7 Å². The molecule has 2 N–H and O–H groups in total. The van der Waals surface area contributed by atoms with Crippen LogP contribution in [0.2, 0.25) is 0 Å². The second-order valence-corrected chi connectivity index (χ2v) is 7.05. The second-order valence-electron chi connectivity index (χ2n) is 5.87. The van der Waals surface area contributed by atoms with Crippen molar-refractivity contribution in [2.75, 3.05) is 6.54 Å². The zero-order chi connectivity index (χ0) is 16.0. The zero-order valence-electron chi connectivity index (χ0n) is 13.3. The summed E-state index contributed by atoms with van der Waals surface area (Å²) in [5.41, 5.74) is 10.6. The SMILES string of the molecule is Cc1sc2nc(-c3ccc4ccccc4c3)c(CCN)n2c1C.